The minimum atomic E-state index is -0.795. The van der Waals surface area contributed by atoms with Gasteiger partial charge in [-0.15, -0.1) is 0 Å². The predicted molar refractivity (Wildman–Crippen MR) is 121 cm³/mol. The Kier molecular flexibility index (Phi) is 5.30. The van der Waals surface area contributed by atoms with E-state index in [4.69, 9.17) is 14.0 Å². The van der Waals surface area contributed by atoms with Gasteiger partial charge in [0.05, 0.1) is 30.4 Å². The lowest BCUT2D eigenvalue weighted by Gasteiger charge is -2.40. The van der Waals surface area contributed by atoms with E-state index in [1.807, 2.05) is 6.07 Å². The summed E-state index contributed by atoms with van der Waals surface area (Å²) in [5.74, 6) is -0.302. The second kappa shape index (κ2) is 8.39. The largest absolute Gasteiger partial charge is 0.376 e. The van der Waals surface area contributed by atoms with Crippen LogP contribution in [0.15, 0.2) is 21.6 Å². The second-order valence-corrected chi connectivity index (χ2v) is 9.41. The first-order valence-corrected chi connectivity index (χ1v) is 11.9. The van der Waals surface area contributed by atoms with Crippen molar-refractivity contribution in [1.29, 1.82) is 5.26 Å². The molecule has 0 bridgehead atoms. The van der Waals surface area contributed by atoms with Crippen LogP contribution in [-0.4, -0.2) is 54.8 Å². The molecule has 6 rings (SSSR count). The van der Waals surface area contributed by atoms with Gasteiger partial charge >= 0.3 is 0 Å². The third kappa shape index (κ3) is 3.35. The van der Waals surface area contributed by atoms with E-state index in [0.717, 1.165) is 38.5 Å². The Morgan fingerprint density at radius 3 is 2.86 bits per heavy atom. The van der Waals surface area contributed by atoms with Crippen molar-refractivity contribution in [1.82, 2.24) is 10.1 Å². The van der Waals surface area contributed by atoms with Crippen molar-refractivity contribution in [3.8, 4) is 6.07 Å². The number of fused-ring (bicyclic) bond motifs is 3. The first-order chi connectivity index (χ1) is 17.1. The first kappa shape index (κ1) is 22.1. The minimum Gasteiger partial charge on any atom is -0.376 e. The van der Waals surface area contributed by atoms with Gasteiger partial charge in [-0.2, -0.15) is 10.2 Å². The summed E-state index contributed by atoms with van der Waals surface area (Å²) in [6.07, 6.45) is 6.65. The van der Waals surface area contributed by atoms with Crippen molar-refractivity contribution in [2.45, 2.75) is 62.3 Å². The molecule has 3 atom stereocenters. The molecule has 2 fully saturated rings. The summed E-state index contributed by atoms with van der Waals surface area (Å²) in [7, 11) is 1.65. The zero-order valence-electron chi connectivity index (χ0n) is 19.3. The smallest absolute Gasteiger partial charge is 0.254 e. The van der Waals surface area contributed by atoms with E-state index in [1.54, 1.807) is 18.1 Å². The van der Waals surface area contributed by atoms with E-state index in [2.05, 4.69) is 15.1 Å². The van der Waals surface area contributed by atoms with Gasteiger partial charge in [-0.25, -0.2) is 4.39 Å². The van der Waals surface area contributed by atoms with Crippen LogP contribution in [0.4, 0.5) is 15.8 Å². The number of hydrogen-bond donors (Lipinski definition) is 0. The van der Waals surface area contributed by atoms with Crippen LogP contribution in [-0.2, 0) is 19.9 Å². The third-order valence-corrected chi connectivity index (χ3v) is 7.55. The highest BCUT2D eigenvalue weighted by atomic mass is 19.1. The fraction of sp³-hybridized carbons (Fsp3) is 0.542. The van der Waals surface area contributed by atoms with Gasteiger partial charge in [0.2, 0.25) is 5.82 Å². The molecule has 3 aliphatic heterocycles. The molecule has 0 spiro atoms. The average molecular weight is 481 g/mol. The van der Waals surface area contributed by atoms with Gasteiger partial charge in [0, 0.05) is 13.7 Å². The normalized spacial score (nSPS) is 26.8. The summed E-state index contributed by atoms with van der Waals surface area (Å²) in [6, 6.07) is 3.20. The molecule has 0 radical (unpaired) electrons. The molecule has 1 aromatic carbocycles. The van der Waals surface area contributed by atoms with E-state index >= 15 is 0 Å². The van der Waals surface area contributed by atoms with Crippen LogP contribution >= 0.6 is 0 Å². The molecule has 2 aromatic rings. The van der Waals surface area contributed by atoms with Crippen LogP contribution in [0.2, 0.25) is 0 Å². The van der Waals surface area contributed by atoms with E-state index < -0.39 is 23.5 Å². The topological polar surface area (TPSA) is 117 Å². The van der Waals surface area contributed by atoms with Gasteiger partial charge < -0.3 is 23.8 Å². The van der Waals surface area contributed by atoms with Crippen LogP contribution in [0, 0.1) is 17.1 Å². The third-order valence-electron chi connectivity index (χ3n) is 7.55. The van der Waals surface area contributed by atoms with E-state index in [0.29, 0.717) is 18.1 Å². The number of anilines is 2. The number of ether oxygens (including phenoxy) is 2. The van der Waals surface area contributed by atoms with Gasteiger partial charge in [-0.05, 0) is 50.7 Å². The quantitative estimate of drug-likeness (QED) is 0.641. The van der Waals surface area contributed by atoms with E-state index in [1.165, 1.54) is 17.3 Å². The lowest BCUT2D eigenvalue weighted by atomic mass is 9.98. The molecule has 1 saturated heterocycles. The number of rotatable bonds is 5. The van der Waals surface area contributed by atoms with Crippen molar-refractivity contribution in [3.63, 3.8) is 0 Å². The number of aromatic nitrogens is 2. The molecular weight excluding hydrogens is 455 g/mol. The summed E-state index contributed by atoms with van der Waals surface area (Å²) < 4.78 is 31.8. The Hall–Kier alpha value is -3.36. The predicted octanol–water partition coefficient (Wildman–Crippen LogP) is 2.98. The number of nitrogens with zero attached hydrogens (tertiary/aromatic N) is 6. The summed E-state index contributed by atoms with van der Waals surface area (Å²) in [4.78, 5) is 26.2. The number of hydrogen-bond acceptors (Lipinski definition) is 9. The van der Waals surface area contributed by atoms with Crippen LogP contribution < -0.4 is 9.80 Å². The molecule has 1 saturated carbocycles. The molecule has 11 heteroatoms. The molecule has 1 amide bonds. The van der Waals surface area contributed by atoms with Crippen LogP contribution in [0.1, 0.15) is 61.8 Å². The highest BCUT2D eigenvalue weighted by molar-refractivity contribution is 6.13. The maximum Gasteiger partial charge on any atom is 0.254 e. The summed E-state index contributed by atoms with van der Waals surface area (Å²) >= 11 is 0. The van der Waals surface area contributed by atoms with Crippen molar-refractivity contribution >= 4 is 23.6 Å². The Morgan fingerprint density at radius 2 is 2.14 bits per heavy atom. The highest BCUT2D eigenvalue weighted by Gasteiger charge is 2.50. The van der Waals surface area contributed by atoms with Crippen molar-refractivity contribution in [2.75, 3.05) is 30.1 Å². The molecule has 10 nitrogen and oxygen atoms in total. The van der Waals surface area contributed by atoms with Gasteiger partial charge in [-0.1, -0.05) is 5.16 Å². The molecule has 182 valence electrons. The molecule has 3 unspecified atom stereocenters. The molecule has 1 aromatic heterocycles. The molecule has 35 heavy (non-hydrogen) atoms. The Labute approximate surface area is 201 Å². The number of amides is 1. The van der Waals surface area contributed by atoms with Crippen LogP contribution in [0.3, 0.4) is 0 Å². The van der Waals surface area contributed by atoms with Gasteiger partial charge in [0.25, 0.3) is 11.8 Å². The number of benzene rings is 1. The Morgan fingerprint density at radius 1 is 1.31 bits per heavy atom. The molecule has 4 heterocycles. The second-order valence-electron chi connectivity index (χ2n) is 9.41. The van der Waals surface area contributed by atoms with E-state index in [-0.39, 0.29) is 35.7 Å². The number of halogens is 1. The van der Waals surface area contributed by atoms with Crippen LogP contribution in [0.25, 0.3) is 0 Å². The number of nitriles is 1. The number of carbonyl (C=O) groups excluding carboxylic acids is 1. The van der Waals surface area contributed by atoms with Crippen molar-refractivity contribution < 1.29 is 23.2 Å². The Bertz CT molecular complexity index is 1230. The number of carbonyl (C=O) groups is 1. The van der Waals surface area contributed by atoms with Crippen LogP contribution in [0.5, 0.6) is 0 Å². The summed E-state index contributed by atoms with van der Waals surface area (Å²) in [6.45, 7) is 0.837. The minimum absolute atomic E-state index is 0.174. The average Bonchev–Trinajstić information content (AvgIpc) is 3.67. The maximum atomic E-state index is 14.6. The van der Waals surface area contributed by atoms with E-state index in [9.17, 15) is 14.4 Å². The number of aliphatic imine (C=N–C) groups is 1. The lowest BCUT2D eigenvalue weighted by molar-refractivity contribution is -0.120. The fourth-order valence-corrected chi connectivity index (χ4v) is 5.71. The monoisotopic (exact) mass is 480 g/mol. The summed E-state index contributed by atoms with van der Waals surface area (Å²) in [5.41, 5.74) is 0.0119. The Balaban J connectivity index is 1.39. The summed E-state index contributed by atoms with van der Waals surface area (Å²) in [5, 5.41) is 13.9. The fourth-order valence-electron chi connectivity index (χ4n) is 5.71. The number of methoxy groups -OCH3 is 1. The molecule has 4 aliphatic rings. The maximum absolute atomic E-state index is 14.6. The molecule has 0 N–H and O–H groups in total. The lowest BCUT2D eigenvalue weighted by Crippen LogP contribution is -2.55. The zero-order valence-corrected chi connectivity index (χ0v) is 19.3. The zero-order chi connectivity index (χ0) is 24.2. The SMILES string of the molecule is COC1(c2noc(C3N=CN4c5ccc(F)c(C#N)c5N(CC5CCCO5)C(=O)C34)n2)CCCC1. The van der Waals surface area contributed by atoms with Crippen molar-refractivity contribution in [3.05, 3.63) is 35.2 Å². The molecule has 1 aliphatic carbocycles. The van der Waals surface area contributed by atoms with Gasteiger partial charge in [0.1, 0.15) is 29.1 Å². The molecular formula is C24H25FN6O4. The highest BCUT2D eigenvalue weighted by Crippen LogP contribution is 2.46. The van der Waals surface area contributed by atoms with Crippen molar-refractivity contribution in [2.24, 2.45) is 4.99 Å². The standard InChI is InChI=1S/C24H25FN6O4/c1-33-24(8-2-3-9-24)23-28-21(35-29-23)18-20-22(32)30(12-14-5-4-10-34-14)19-15(11-26)16(25)6-7-17(19)31(20)13-27-18/h6-7,13-14,18,20H,2-5,8-10,12H2,1H3. The van der Waals surface area contributed by atoms with Gasteiger partial charge in [0.15, 0.2) is 6.04 Å². The first-order valence-electron chi connectivity index (χ1n) is 11.9. The van der Waals surface area contributed by atoms with Gasteiger partial charge in [-0.3, -0.25) is 9.79 Å².